The van der Waals surface area contributed by atoms with E-state index >= 15 is 0 Å². The molecular formula is C15H20ClN. The van der Waals surface area contributed by atoms with Gasteiger partial charge < -0.3 is 5.32 Å². The first-order valence-electron chi connectivity index (χ1n) is 6.12. The summed E-state index contributed by atoms with van der Waals surface area (Å²) in [6.45, 7) is 4.31. The molecule has 0 heterocycles. The largest absolute Gasteiger partial charge is 0.307 e. The van der Waals surface area contributed by atoms with E-state index in [1.807, 2.05) is 12.1 Å². The molecule has 0 fully saturated rings. The molecule has 0 saturated heterocycles. The fourth-order valence-electron chi connectivity index (χ4n) is 1.91. The van der Waals surface area contributed by atoms with Crippen molar-refractivity contribution < 1.29 is 0 Å². The number of halogens is 1. The standard InChI is InChI=1S/C15H20ClN/c1-4-6-12(3)17-15(7-5-2)13-8-10-14(16)11-9-13/h1,8-12,15,17H,5-7H2,2-3H3. The number of hydrogen-bond acceptors (Lipinski definition) is 1. The van der Waals surface area contributed by atoms with E-state index in [1.165, 1.54) is 5.56 Å². The van der Waals surface area contributed by atoms with Crippen LogP contribution in [0, 0.1) is 12.3 Å². The lowest BCUT2D eigenvalue weighted by Crippen LogP contribution is -2.30. The van der Waals surface area contributed by atoms with Crippen molar-refractivity contribution in [2.75, 3.05) is 0 Å². The van der Waals surface area contributed by atoms with Gasteiger partial charge in [-0.15, -0.1) is 12.3 Å². The van der Waals surface area contributed by atoms with E-state index in [-0.39, 0.29) is 0 Å². The second-order valence-corrected chi connectivity index (χ2v) is 4.81. The molecule has 0 amide bonds. The summed E-state index contributed by atoms with van der Waals surface area (Å²) in [7, 11) is 0. The Morgan fingerprint density at radius 2 is 2.00 bits per heavy atom. The lowest BCUT2D eigenvalue weighted by molar-refractivity contribution is 0.435. The van der Waals surface area contributed by atoms with Gasteiger partial charge in [0.25, 0.3) is 0 Å². The van der Waals surface area contributed by atoms with Gasteiger partial charge in [-0.1, -0.05) is 37.1 Å². The molecule has 0 bridgehead atoms. The minimum atomic E-state index is 0.340. The SMILES string of the molecule is C#CCC(C)NC(CCC)c1ccc(Cl)cc1. The van der Waals surface area contributed by atoms with Crippen LogP contribution in [-0.4, -0.2) is 6.04 Å². The van der Waals surface area contributed by atoms with Crippen molar-refractivity contribution in [1.82, 2.24) is 5.32 Å². The number of rotatable bonds is 6. The van der Waals surface area contributed by atoms with Crippen LogP contribution in [0.3, 0.4) is 0 Å². The predicted molar refractivity (Wildman–Crippen MR) is 75.1 cm³/mol. The summed E-state index contributed by atoms with van der Waals surface area (Å²) >= 11 is 5.90. The molecular weight excluding hydrogens is 230 g/mol. The van der Waals surface area contributed by atoms with Crippen LogP contribution >= 0.6 is 11.6 Å². The van der Waals surface area contributed by atoms with E-state index in [9.17, 15) is 0 Å². The normalized spacial score (nSPS) is 14.0. The van der Waals surface area contributed by atoms with E-state index in [2.05, 4.69) is 37.2 Å². The van der Waals surface area contributed by atoms with Crippen LogP contribution < -0.4 is 5.32 Å². The molecule has 0 saturated carbocycles. The Morgan fingerprint density at radius 3 is 2.53 bits per heavy atom. The summed E-state index contributed by atoms with van der Waals surface area (Å²) in [4.78, 5) is 0. The Balaban J connectivity index is 2.71. The molecule has 92 valence electrons. The zero-order valence-corrected chi connectivity index (χ0v) is 11.3. The molecule has 0 aromatic heterocycles. The monoisotopic (exact) mass is 249 g/mol. The minimum absolute atomic E-state index is 0.340. The molecule has 2 unspecified atom stereocenters. The molecule has 0 radical (unpaired) electrons. The molecule has 1 aromatic carbocycles. The third-order valence-corrected chi connectivity index (χ3v) is 3.01. The van der Waals surface area contributed by atoms with Crippen molar-refractivity contribution in [3.63, 3.8) is 0 Å². The van der Waals surface area contributed by atoms with Gasteiger partial charge in [-0.25, -0.2) is 0 Å². The van der Waals surface area contributed by atoms with Gasteiger partial charge in [0.15, 0.2) is 0 Å². The fourth-order valence-corrected chi connectivity index (χ4v) is 2.04. The van der Waals surface area contributed by atoms with Crippen molar-refractivity contribution in [2.45, 2.75) is 45.2 Å². The second-order valence-electron chi connectivity index (χ2n) is 4.37. The summed E-state index contributed by atoms with van der Waals surface area (Å²) in [5.74, 6) is 2.69. The van der Waals surface area contributed by atoms with Crippen LogP contribution in [-0.2, 0) is 0 Å². The van der Waals surface area contributed by atoms with Crippen molar-refractivity contribution >= 4 is 11.6 Å². The highest BCUT2D eigenvalue weighted by molar-refractivity contribution is 6.30. The fraction of sp³-hybridized carbons (Fsp3) is 0.467. The van der Waals surface area contributed by atoms with Crippen LogP contribution in [0.4, 0.5) is 0 Å². The first-order chi connectivity index (χ1) is 8.17. The van der Waals surface area contributed by atoms with Crippen LogP contribution in [0.15, 0.2) is 24.3 Å². The summed E-state index contributed by atoms with van der Waals surface area (Å²) in [6, 6.07) is 8.74. The molecule has 1 N–H and O–H groups in total. The number of terminal acetylenes is 1. The van der Waals surface area contributed by atoms with Crippen molar-refractivity contribution in [3.8, 4) is 12.3 Å². The second kappa shape index (κ2) is 7.37. The highest BCUT2D eigenvalue weighted by Gasteiger charge is 2.12. The third kappa shape index (κ3) is 4.81. The summed E-state index contributed by atoms with van der Waals surface area (Å²) in [6.07, 6.45) is 8.34. The first kappa shape index (κ1) is 14.1. The Morgan fingerprint density at radius 1 is 1.35 bits per heavy atom. The number of benzene rings is 1. The maximum Gasteiger partial charge on any atom is 0.0406 e. The average molecular weight is 250 g/mol. The van der Waals surface area contributed by atoms with E-state index in [0.717, 1.165) is 24.3 Å². The molecule has 1 aromatic rings. The number of nitrogens with one attached hydrogen (secondary N) is 1. The zero-order chi connectivity index (χ0) is 12.7. The lowest BCUT2D eigenvalue weighted by atomic mass is 10.0. The highest BCUT2D eigenvalue weighted by atomic mass is 35.5. The Hall–Kier alpha value is -0.970. The van der Waals surface area contributed by atoms with Gasteiger partial charge in [0.05, 0.1) is 0 Å². The van der Waals surface area contributed by atoms with Crippen molar-refractivity contribution in [2.24, 2.45) is 0 Å². The van der Waals surface area contributed by atoms with E-state index < -0.39 is 0 Å². The Labute approximate surface area is 110 Å². The van der Waals surface area contributed by atoms with Crippen LogP contribution in [0.5, 0.6) is 0 Å². The Bertz CT molecular complexity index is 364. The van der Waals surface area contributed by atoms with E-state index in [4.69, 9.17) is 18.0 Å². The molecule has 0 aliphatic heterocycles. The predicted octanol–water partition coefficient (Wildman–Crippen LogP) is 4.18. The van der Waals surface area contributed by atoms with Crippen LogP contribution in [0.25, 0.3) is 0 Å². The molecule has 0 aliphatic carbocycles. The van der Waals surface area contributed by atoms with Gasteiger partial charge in [0, 0.05) is 23.5 Å². The first-order valence-corrected chi connectivity index (χ1v) is 6.50. The highest BCUT2D eigenvalue weighted by Crippen LogP contribution is 2.21. The third-order valence-electron chi connectivity index (χ3n) is 2.76. The topological polar surface area (TPSA) is 12.0 Å². The maximum absolute atomic E-state index is 5.90. The van der Waals surface area contributed by atoms with Crippen molar-refractivity contribution in [3.05, 3.63) is 34.9 Å². The van der Waals surface area contributed by atoms with Gasteiger partial charge in [0.2, 0.25) is 0 Å². The quantitative estimate of drug-likeness (QED) is 0.746. The van der Waals surface area contributed by atoms with Gasteiger partial charge in [-0.2, -0.15) is 0 Å². The van der Waals surface area contributed by atoms with Gasteiger partial charge in [-0.05, 0) is 31.0 Å². The van der Waals surface area contributed by atoms with Crippen molar-refractivity contribution in [1.29, 1.82) is 0 Å². The molecule has 2 atom stereocenters. The average Bonchev–Trinajstić information content (AvgIpc) is 2.30. The maximum atomic E-state index is 5.90. The lowest BCUT2D eigenvalue weighted by Gasteiger charge is -2.22. The zero-order valence-electron chi connectivity index (χ0n) is 10.5. The molecule has 17 heavy (non-hydrogen) atoms. The molecule has 0 spiro atoms. The summed E-state index contributed by atoms with van der Waals surface area (Å²) in [5.41, 5.74) is 1.28. The van der Waals surface area contributed by atoms with Crippen LogP contribution in [0.1, 0.15) is 44.7 Å². The molecule has 2 heteroatoms. The van der Waals surface area contributed by atoms with E-state index in [0.29, 0.717) is 12.1 Å². The number of hydrogen-bond donors (Lipinski definition) is 1. The van der Waals surface area contributed by atoms with Gasteiger partial charge in [-0.3, -0.25) is 0 Å². The Kier molecular flexibility index (Phi) is 6.11. The molecule has 1 rings (SSSR count). The smallest absolute Gasteiger partial charge is 0.0406 e. The summed E-state index contributed by atoms with van der Waals surface area (Å²) in [5, 5.41) is 4.35. The minimum Gasteiger partial charge on any atom is -0.307 e. The van der Waals surface area contributed by atoms with Gasteiger partial charge >= 0.3 is 0 Å². The summed E-state index contributed by atoms with van der Waals surface area (Å²) < 4.78 is 0. The van der Waals surface area contributed by atoms with E-state index in [1.54, 1.807) is 0 Å². The molecule has 0 aliphatic rings. The van der Waals surface area contributed by atoms with Gasteiger partial charge in [0.1, 0.15) is 0 Å². The molecule has 1 nitrogen and oxygen atoms in total. The van der Waals surface area contributed by atoms with Crippen LogP contribution in [0.2, 0.25) is 5.02 Å².